The molecular formula is C9H14N2O3S. The first-order chi connectivity index (χ1) is 7.07. The van der Waals surface area contributed by atoms with E-state index in [1.54, 1.807) is 12.3 Å². The molecule has 1 aliphatic rings. The van der Waals surface area contributed by atoms with Crippen LogP contribution in [0.5, 0.6) is 0 Å². The number of piperazine rings is 1. The Labute approximate surface area is 89.1 Å². The van der Waals surface area contributed by atoms with Crippen molar-refractivity contribution in [2.24, 2.45) is 0 Å². The fourth-order valence-corrected chi connectivity index (χ4v) is 2.55. The summed E-state index contributed by atoms with van der Waals surface area (Å²) in [5, 5.41) is 3.22. The minimum atomic E-state index is -3.10. The second-order valence-electron chi connectivity index (χ2n) is 3.64. The van der Waals surface area contributed by atoms with Crippen LogP contribution < -0.4 is 5.32 Å². The van der Waals surface area contributed by atoms with Crippen molar-refractivity contribution in [1.29, 1.82) is 0 Å². The van der Waals surface area contributed by atoms with Gasteiger partial charge in [-0.1, -0.05) is 0 Å². The van der Waals surface area contributed by atoms with Crippen molar-refractivity contribution in [3.63, 3.8) is 0 Å². The van der Waals surface area contributed by atoms with E-state index >= 15 is 0 Å². The van der Waals surface area contributed by atoms with Crippen molar-refractivity contribution >= 4 is 10.0 Å². The van der Waals surface area contributed by atoms with Crippen molar-refractivity contribution in [3.05, 3.63) is 24.2 Å². The van der Waals surface area contributed by atoms with E-state index in [0.29, 0.717) is 19.6 Å². The van der Waals surface area contributed by atoms with Crippen LogP contribution in [-0.4, -0.2) is 38.6 Å². The molecule has 2 rings (SSSR count). The fraction of sp³-hybridized carbons (Fsp3) is 0.556. The highest BCUT2D eigenvalue weighted by Gasteiger charge is 2.27. The molecule has 84 valence electrons. The van der Waals surface area contributed by atoms with Crippen molar-refractivity contribution in [2.45, 2.75) is 6.04 Å². The predicted molar refractivity (Wildman–Crippen MR) is 55.9 cm³/mol. The minimum absolute atomic E-state index is 0.0384. The van der Waals surface area contributed by atoms with E-state index < -0.39 is 10.0 Å². The van der Waals surface area contributed by atoms with Crippen molar-refractivity contribution in [2.75, 3.05) is 25.9 Å². The summed E-state index contributed by atoms with van der Waals surface area (Å²) in [6.07, 6.45) is 2.83. The van der Waals surface area contributed by atoms with E-state index in [4.69, 9.17) is 4.42 Å². The zero-order valence-electron chi connectivity index (χ0n) is 8.51. The summed E-state index contributed by atoms with van der Waals surface area (Å²) in [5.41, 5.74) is 0. The van der Waals surface area contributed by atoms with Gasteiger partial charge in [0.05, 0.1) is 18.6 Å². The van der Waals surface area contributed by atoms with Gasteiger partial charge in [-0.05, 0) is 12.1 Å². The summed E-state index contributed by atoms with van der Waals surface area (Å²) >= 11 is 0. The summed E-state index contributed by atoms with van der Waals surface area (Å²) in [7, 11) is -3.10. The van der Waals surface area contributed by atoms with Gasteiger partial charge >= 0.3 is 0 Å². The van der Waals surface area contributed by atoms with Crippen LogP contribution in [0.1, 0.15) is 11.8 Å². The molecule has 0 aliphatic carbocycles. The molecule has 0 radical (unpaired) electrons. The highest BCUT2D eigenvalue weighted by molar-refractivity contribution is 7.88. The van der Waals surface area contributed by atoms with Gasteiger partial charge in [0.2, 0.25) is 10.0 Å². The van der Waals surface area contributed by atoms with Crippen LogP contribution in [0.3, 0.4) is 0 Å². The average molecular weight is 230 g/mol. The van der Waals surface area contributed by atoms with Crippen LogP contribution in [0.15, 0.2) is 22.8 Å². The molecule has 0 bridgehead atoms. The van der Waals surface area contributed by atoms with Gasteiger partial charge in [-0.15, -0.1) is 0 Å². The molecule has 1 unspecified atom stereocenters. The number of hydrogen-bond acceptors (Lipinski definition) is 4. The number of nitrogens with zero attached hydrogens (tertiary/aromatic N) is 1. The van der Waals surface area contributed by atoms with Crippen LogP contribution in [0.2, 0.25) is 0 Å². The first kappa shape index (κ1) is 10.7. The Morgan fingerprint density at radius 1 is 1.60 bits per heavy atom. The average Bonchev–Trinajstić information content (AvgIpc) is 2.69. The normalized spacial score (nSPS) is 24.2. The molecule has 2 heterocycles. The lowest BCUT2D eigenvalue weighted by Crippen LogP contribution is -2.47. The van der Waals surface area contributed by atoms with Gasteiger partial charge in [0.15, 0.2) is 0 Å². The summed E-state index contributed by atoms with van der Waals surface area (Å²) in [6, 6.07) is 3.61. The summed E-state index contributed by atoms with van der Waals surface area (Å²) in [5.74, 6) is 0.781. The molecule has 15 heavy (non-hydrogen) atoms. The smallest absolute Gasteiger partial charge is 0.211 e. The van der Waals surface area contributed by atoms with Crippen LogP contribution in [0, 0.1) is 0 Å². The first-order valence-corrected chi connectivity index (χ1v) is 6.64. The lowest BCUT2D eigenvalue weighted by molar-refractivity contribution is 0.276. The molecule has 1 saturated heterocycles. The lowest BCUT2D eigenvalue weighted by Gasteiger charge is -2.30. The van der Waals surface area contributed by atoms with Gasteiger partial charge < -0.3 is 9.73 Å². The first-order valence-electron chi connectivity index (χ1n) is 4.79. The molecule has 1 aromatic rings. The van der Waals surface area contributed by atoms with Gasteiger partial charge in [0.25, 0.3) is 0 Å². The Morgan fingerprint density at radius 2 is 2.40 bits per heavy atom. The Bertz CT molecular complexity index is 413. The van der Waals surface area contributed by atoms with Gasteiger partial charge in [-0.25, -0.2) is 8.42 Å². The number of sulfonamides is 1. The van der Waals surface area contributed by atoms with Gasteiger partial charge in [-0.2, -0.15) is 4.31 Å². The zero-order chi connectivity index (χ0) is 10.9. The molecule has 0 saturated carbocycles. The van der Waals surface area contributed by atoms with Crippen LogP contribution >= 0.6 is 0 Å². The lowest BCUT2D eigenvalue weighted by atomic mass is 10.2. The van der Waals surface area contributed by atoms with Gasteiger partial charge in [0.1, 0.15) is 5.76 Å². The Hall–Kier alpha value is -0.850. The molecule has 1 atom stereocenters. The third-order valence-corrected chi connectivity index (χ3v) is 3.76. The van der Waals surface area contributed by atoms with Crippen LogP contribution in [0.4, 0.5) is 0 Å². The third kappa shape index (κ3) is 2.39. The van der Waals surface area contributed by atoms with E-state index in [0.717, 1.165) is 5.76 Å². The highest BCUT2D eigenvalue weighted by Crippen LogP contribution is 2.18. The maximum absolute atomic E-state index is 11.4. The minimum Gasteiger partial charge on any atom is -0.468 e. The number of furan rings is 1. The molecule has 5 nitrogen and oxygen atoms in total. The maximum atomic E-state index is 11.4. The van der Waals surface area contributed by atoms with E-state index in [9.17, 15) is 8.42 Å². The van der Waals surface area contributed by atoms with E-state index in [2.05, 4.69) is 5.32 Å². The molecule has 0 aromatic carbocycles. The molecule has 6 heteroatoms. The molecule has 0 spiro atoms. The summed E-state index contributed by atoms with van der Waals surface area (Å²) in [4.78, 5) is 0. The molecule has 1 aliphatic heterocycles. The monoisotopic (exact) mass is 230 g/mol. The number of rotatable bonds is 2. The van der Waals surface area contributed by atoms with Crippen molar-refractivity contribution < 1.29 is 12.8 Å². The maximum Gasteiger partial charge on any atom is 0.211 e. The molecule has 1 N–H and O–H groups in total. The topological polar surface area (TPSA) is 62.6 Å². The number of nitrogens with one attached hydrogen (secondary N) is 1. The quantitative estimate of drug-likeness (QED) is 0.787. The fourth-order valence-electron chi connectivity index (χ4n) is 1.70. The molecule has 1 fully saturated rings. The van der Waals surface area contributed by atoms with Gasteiger partial charge in [0, 0.05) is 19.6 Å². The van der Waals surface area contributed by atoms with Crippen LogP contribution in [0.25, 0.3) is 0 Å². The van der Waals surface area contributed by atoms with Crippen LogP contribution in [-0.2, 0) is 10.0 Å². The second-order valence-corrected chi connectivity index (χ2v) is 5.63. The Balaban J connectivity index is 2.12. The third-order valence-electron chi connectivity index (χ3n) is 2.49. The SMILES string of the molecule is CS(=O)(=O)N1CCNC(c2ccco2)C1. The Morgan fingerprint density at radius 3 is 3.00 bits per heavy atom. The number of hydrogen-bond donors (Lipinski definition) is 1. The summed E-state index contributed by atoms with van der Waals surface area (Å²) < 4.78 is 29.5. The van der Waals surface area contributed by atoms with E-state index in [1.807, 2.05) is 6.07 Å². The molecule has 1 aromatic heterocycles. The molecule has 0 amide bonds. The largest absolute Gasteiger partial charge is 0.468 e. The standard InChI is InChI=1S/C9H14N2O3S/c1-15(12,13)11-5-4-10-8(7-11)9-3-2-6-14-9/h2-3,6,8,10H,4-5,7H2,1H3. The zero-order valence-corrected chi connectivity index (χ0v) is 9.33. The predicted octanol–water partition coefficient (Wildman–Crippen LogP) is 0.185. The Kier molecular flexibility index (Phi) is 2.81. The highest BCUT2D eigenvalue weighted by atomic mass is 32.2. The van der Waals surface area contributed by atoms with E-state index in [1.165, 1.54) is 10.6 Å². The summed E-state index contributed by atoms with van der Waals surface area (Å²) in [6.45, 7) is 1.61. The van der Waals surface area contributed by atoms with Crippen molar-refractivity contribution in [1.82, 2.24) is 9.62 Å². The van der Waals surface area contributed by atoms with Gasteiger partial charge in [-0.3, -0.25) is 0 Å². The van der Waals surface area contributed by atoms with Crippen molar-refractivity contribution in [3.8, 4) is 0 Å². The van der Waals surface area contributed by atoms with E-state index in [-0.39, 0.29) is 6.04 Å². The second kappa shape index (κ2) is 3.96. The molecular weight excluding hydrogens is 216 g/mol.